The van der Waals surface area contributed by atoms with Crippen molar-refractivity contribution in [1.82, 2.24) is 4.90 Å². The highest BCUT2D eigenvalue weighted by Gasteiger charge is 2.13. The summed E-state index contributed by atoms with van der Waals surface area (Å²) in [6.45, 7) is 14.1. The quantitative estimate of drug-likeness (QED) is 0.0742. The Morgan fingerprint density at radius 3 is 2.37 bits per heavy atom. The first-order valence-electron chi connectivity index (χ1n) is 13.8. The SMILES string of the molecule is C/C=C(\C(C#N)=C/C)c1ccc(C/C(C)=C(\CCCCC)N=C(C)N(C=O)C2=CCC=CC=C2)cc1.CC. The summed E-state index contributed by atoms with van der Waals surface area (Å²) in [7, 11) is 0. The number of benzene rings is 1. The largest absolute Gasteiger partial charge is 0.278 e. The van der Waals surface area contributed by atoms with Crippen molar-refractivity contribution in [2.45, 2.75) is 87.0 Å². The lowest BCUT2D eigenvalue weighted by molar-refractivity contribution is -0.113. The number of carbonyl (C=O) groups is 1. The van der Waals surface area contributed by atoms with Gasteiger partial charge in [-0.1, -0.05) is 94.3 Å². The lowest BCUT2D eigenvalue weighted by atomic mass is 9.95. The molecule has 1 aromatic carbocycles. The van der Waals surface area contributed by atoms with Gasteiger partial charge in [-0.15, -0.1) is 0 Å². The van der Waals surface area contributed by atoms with Gasteiger partial charge < -0.3 is 0 Å². The summed E-state index contributed by atoms with van der Waals surface area (Å²) in [5.74, 6) is 0.678. The molecule has 1 aliphatic rings. The highest BCUT2D eigenvalue weighted by atomic mass is 16.1. The van der Waals surface area contributed by atoms with Crippen LogP contribution < -0.4 is 0 Å². The molecule has 0 fully saturated rings. The molecular formula is C34H45N3O. The predicted molar refractivity (Wildman–Crippen MR) is 163 cm³/mol. The summed E-state index contributed by atoms with van der Waals surface area (Å²) in [5.41, 5.74) is 6.95. The number of nitriles is 1. The number of aliphatic imine (C=N–C) groups is 1. The van der Waals surface area contributed by atoms with E-state index in [-0.39, 0.29) is 0 Å². The maximum Gasteiger partial charge on any atom is 0.219 e. The zero-order valence-electron chi connectivity index (χ0n) is 24.4. The number of hydrogen-bond acceptors (Lipinski definition) is 3. The number of unbranched alkanes of at least 4 members (excludes halogenated alkanes) is 2. The topological polar surface area (TPSA) is 56.5 Å². The standard InChI is InChI=1S/C32H39N3O.C2H6/c1-6-9-12-17-32(34-26(5)35(24-36)30-15-13-10-11-14-16-30)25(4)22-27-18-20-29(21-19-27)31(8-3)28(7-2)23-33;1-2/h7-8,10-11,13,15-16,18-21,24H,6,9,12,14,17,22H2,1-5H3;1-2H3/b28-7-,31-8+,32-25+,34-26?;. The van der Waals surface area contributed by atoms with E-state index in [1.165, 1.54) is 11.1 Å². The van der Waals surface area contributed by atoms with E-state index in [4.69, 9.17) is 4.99 Å². The van der Waals surface area contributed by atoms with Crippen LogP contribution in [0.2, 0.25) is 0 Å². The normalized spacial score (nSPS) is 14.5. The van der Waals surface area contributed by atoms with E-state index in [0.29, 0.717) is 11.4 Å². The highest BCUT2D eigenvalue weighted by Crippen LogP contribution is 2.25. The van der Waals surface area contributed by atoms with Crippen LogP contribution in [0.25, 0.3) is 5.57 Å². The van der Waals surface area contributed by atoms with Crippen LogP contribution in [0.5, 0.6) is 0 Å². The minimum atomic E-state index is 0.678. The first-order chi connectivity index (χ1) is 18.5. The number of amidine groups is 1. The van der Waals surface area contributed by atoms with Gasteiger partial charge >= 0.3 is 0 Å². The van der Waals surface area contributed by atoms with Gasteiger partial charge in [0.1, 0.15) is 5.84 Å². The zero-order chi connectivity index (χ0) is 28.3. The predicted octanol–water partition coefficient (Wildman–Crippen LogP) is 9.26. The first kappa shape index (κ1) is 32.3. The maximum atomic E-state index is 12.0. The van der Waals surface area contributed by atoms with Crippen molar-refractivity contribution in [3.63, 3.8) is 0 Å². The molecule has 0 saturated heterocycles. The van der Waals surface area contributed by atoms with Crippen LogP contribution >= 0.6 is 0 Å². The molecule has 1 aromatic rings. The smallest absolute Gasteiger partial charge is 0.219 e. The number of rotatable bonds is 11. The molecule has 0 aliphatic heterocycles. The van der Waals surface area contributed by atoms with Gasteiger partial charge in [0.2, 0.25) is 6.41 Å². The van der Waals surface area contributed by atoms with E-state index in [1.807, 2.05) is 71.1 Å². The number of amides is 1. The molecule has 0 bridgehead atoms. The lowest BCUT2D eigenvalue weighted by Gasteiger charge is -2.19. The van der Waals surface area contributed by atoms with Gasteiger partial charge in [0.05, 0.1) is 11.6 Å². The van der Waals surface area contributed by atoms with Crippen molar-refractivity contribution < 1.29 is 4.79 Å². The van der Waals surface area contributed by atoms with Crippen LogP contribution in [0.15, 0.2) is 94.3 Å². The Bertz CT molecular complexity index is 1150. The third-order valence-corrected chi connectivity index (χ3v) is 6.24. The van der Waals surface area contributed by atoms with Crippen molar-refractivity contribution in [3.8, 4) is 6.07 Å². The van der Waals surface area contributed by atoms with Crippen LogP contribution in [-0.2, 0) is 11.2 Å². The van der Waals surface area contributed by atoms with E-state index >= 15 is 0 Å². The maximum absolute atomic E-state index is 12.0. The Labute approximate surface area is 231 Å². The average molecular weight is 512 g/mol. The van der Waals surface area contributed by atoms with Gasteiger partial charge in [0, 0.05) is 11.4 Å². The van der Waals surface area contributed by atoms with E-state index in [9.17, 15) is 10.1 Å². The molecule has 0 heterocycles. The fourth-order valence-corrected chi connectivity index (χ4v) is 4.20. The van der Waals surface area contributed by atoms with Gasteiger partial charge in [-0.2, -0.15) is 5.26 Å². The molecule has 0 atom stereocenters. The van der Waals surface area contributed by atoms with Gasteiger partial charge in [0.25, 0.3) is 0 Å². The number of allylic oxidation sites excluding steroid dienone is 11. The second-order valence-corrected chi connectivity index (χ2v) is 8.86. The lowest BCUT2D eigenvalue weighted by Crippen LogP contribution is -2.26. The molecule has 0 saturated carbocycles. The molecule has 0 N–H and O–H groups in total. The van der Waals surface area contributed by atoms with E-state index < -0.39 is 0 Å². The Hall–Kier alpha value is -3.71. The fourth-order valence-electron chi connectivity index (χ4n) is 4.20. The summed E-state index contributed by atoms with van der Waals surface area (Å²) in [6.07, 6.45) is 20.5. The molecule has 202 valence electrons. The molecule has 0 unspecified atom stereocenters. The van der Waals surface area contributed by atoms with Crippen LogP contribution in [0, 0.1) is 11.3 Å². The molecule has 1 aliphatic carbocycles. The molecule has 4 nitrogen and oxygen atoms in total. The summed E-state index contributed by atoms with van der Waals surface area (Å²) in [6, 6.07) is 10.7. The Morgan fingerprint density at radius 1 is 1.08 bits per heavy atom. The third-order valence-electron chi connectivity index (χ3n) is 6.24. The molecule has 2 rings (SSSR count). The number of hydrogen-bond donors (Lipinski definition) is 0. The zero-order valence-corrected chi connectivity index (χ0v) is 24.4. The average Bonchev–Trinajstić information content (AvgIpc) is 3.23. The second kappa shape index (κ2) is 18.5. The number of nitrogens with zero attached hydrogens (tertiary/aromatic N) is 3. The summed E-state index contributed by atoms with van der Waals surface area (Å²) < 4.78 is 0. The Morgan fingerprint density at radius 2 is 1.79 bits per heavy atom. The monoisotopic (exact) mass is 511 g/mol. The van der Waals surface area contributed by atoms with Gasteiger partial charge in [-0.05, 0) is 81.7 Å². The molecular weight excluding hydrogens is 466 g/mol. The van der Waals surface area contributed by atoms with Crippen LogP contribution in [0.1, 0.15) is 91.7 Å². The van der Waals surface area contributed by atoms with Gasteiger partial charge in [-0.25, -0.2) is 4.99 Å². The molecule has 1 amide bonds. The molecule has 0 radical (unpaired) electrons. The minimum Gasteiger partial charge on any atom is -0.278 e. The third kappa shape index (κ3) is 9.98. The molecule has 0 aromatic heterocycles. The number of carbonyl (C=O) groups excluding carboxylic acids is 1. The van der Waals surface area contributed by atoms with Crippen LogP contribution in [0.3, 0.4) is 0 Å². The van der Waals surface area contributed by atoms with Crippen LogP contribution in [-0.4, -0.2) is 17.1 Å². The summed E-state index contributed by atoms with van der Waals surface area (Å²) >= 11 is 0. The first-order valence-corrected chi connectivity index (χ1v) is 13.8. The molecule has 4 heteroatoms. The Balaban J connectivity index is 0.00000352. The molecule has 0 spiro atoms. The fraction of sp³-hybridized carbons (Fsp3) is 0.382. The van der Waals surface area contributed by atoms with Gasteiger partial charge in [-0.3, -0.25) is 9.69 Å². The van der Waals surface area contributed by atoms with Crippen LogP contribution in [0.4, 0.5) is 0 Å². The van der Waals surface area contributed by atoms with Crippen molar-refractivity contribution in [2.75, 3.05) is 0 Å². The van der Waals surface area contributed by atoms with Crippen molar-refractivity contribution in [2.24, 2.45) is 4.99 Å². The minimum absolute atomic E-state index is 0.678. The highest BCUT2D eigenvalue weighted by molar-refractivity contribution is 5.92. The van der Waals surface area contributed by atoms with E-state index in [2.05, 4.69) is 50.3 Å². The summed E-state index contributed by atoms with van der Waals surface area (Å²) in [4.78, 5) is 18.6. The van der Waals surface area contributed by atoms with Crippen molar-refractivity contribution in [3.05, 3.63) is 100 Å². The van der Waals surface area contributed by atoms with E-state index in [1.54, 1.807) is 4.90 Å². The Kier molecular flexibility index (Phi) is 15.8. The van der Waals surface area contributed by atoms with Crippen molar-refractivity contribution >= 4 is 17.8 Å². The summed E-state index contributed by atoms with van der Waals surface area (Å²) in [5, 5.41) is 9.42. The molecule has 38 heavy (non-hydrogen) atoms. The van der Waals surface area contributed by atoms with Crippen molar-refractivity contribution in [1.29, 1.82) is 5.26 Å². The van der Waals surface area contributed by atoms with Gasteiger partial charge in [0.15, 0.2) is 0 Å². The second-order valence-electron chi connectivity index (χ2n) is 8.86. The van der Waals surface area contributed by atoms with E-state index in [0.717, 1.165) is 67.5 Å².